The Balaban J connectivity index is 2.22. The topological polar surface area (TPSA) is 57.2 Å². The van der Waals surface area contributed by atoms with Gasteiger partial charge in [-0.25, -0.2) is 4.39 Å². The van der Waals surface area contributed by atoms with Crippen molar-refractivity contribution < 1.29 is 13.6 Å². The van der Waals surface area contributed by atoms with Crippen LogP contribution in [-0.4, -0.2) is 17.4 Å². The smallest absolute Gasteiger partial charge is 0.257 e. The van der Waals surface area contributed by atoms with Gasteiger partial charge in [-0.1, -0.05) is 12.1 Å². The van der Waals surface area contributed by atoms with Gasteiger partial charge in [0.05, 0.1) is 5.56 Å². The first kappa shape index (κ1) is 14.8. The van der Waals surface area contributed by atoms with Gasteiger partial charge in [-0.05, 0) is 31.5 Å². The van der Waals surface area contributed by atoms with Crippen molar-refractivity contribution in [1.29, 1.82) is 5.26 Å². The third-order valence-electron chi connectivity index (χ3n) is 3.19. The molecule has 2 aromatic rings. The van der Waals surface area contributed by atoms with Crippen molar-refractivity contribution in [1.82, 2.24) is 4.90 Å². The van der Waals surface area contributed by atoms with Gasteiger partial charge in [0.1, 0.15) is 17.6 Å². The van der Waals surface area contributed by atoms with E-state index in [0.717, 1.165) is 0 Å². The molecule has 0 radical (unpaired) electrons. The molecule has 0 aliphatic heterocycles. The number of nitrogens with zero attached hydrogens (tertiary/aromatic N) is 2. The number of nitriles is 1. The van der Waals surface area contributed by atoms with Gasteiger partial charge in [0, 0.05) is 19.2 Å². The largest absolute Gasteiger partial charge is 0.450 e. The molecule has 0 aliphatic carbocycles. The van der Waals surface area contributed by atoms with Crippen LogP contribution in [0.5, 0.6) is 0 Å². The molecule has 2 rings (SSSR count). The van der Waals surface area contributed by atoms with Crippen LogP contribution in [0, 0.1) is 24.1 Å². The average molecular weight is 286 g/mol. The van der Waals surface area contributed by atoms with Crippen molar-refractivity contribution in [3.8, 4) is 6.07 Å². The van der Waals surface area contributed by atoms with Crippen LogP contribution in [0.4, 0.5) is 4.39 Å². The van der Waals surface area contributed by atoms with E-state index in [-0.39, 0.29) is 17.5 Å². The van der Waals surface area contributed by atoms with Crippen molar-refractivity contribution in [2.24, 2.45) is 0 Å². The molecule has 0 aliphatic rings. The predicted octanol–water partition coefficient (Wildman–Crippen LogP) is 3.26. The highest BCUT2D eigenvalue weighted by Gasteiger charge is 2.20. The number of furan rings is 1. The molecule has 0 atom stereocenters. The molecule has 0 unspecified atom stereocenters. The zero-order valence-corrected chi connectivity index (χ0v) is 11.9. The van der Waals surface area contributed by atoms with Gasteiger partial charge in [-0.2, -0.15) is 5.26 Å². The van der Waals surface area contributed by atoms with Crippen LogP contribution in [0.1, 0.15) is 34.4 Å². The fourth-order valence-corrected chi connectivity index (χ4v) is 2.10. The number of carbonyl (C=O) groups is 1. The summed E-state index contributed by atoms with van der Waals surface area (Å²) in [6, 6.07) is 9.45. The molecule has 0 saturated carbocycles. The summed E-state index contributed by atoms with van der Waals surface area (Å²) in [6.45, 7) is 4.27. The minimum absolute atomic E-state index is 0.109. The Morgan fingerprint density at radius 2 is 2.19 bits per heavy atom. The number of halogens is 1. The molecule has 4 nitrogen and oxygen atoms in total. The molecule has 0 saturated heterocycles. The second-order valence-electron chi connectivity index (χ2n) is 4.64. The normalized spacial score (nSPS) is 10.2. The molecule has 21 heavy (non-hydrogen) atoms. The van der Waals surface area contributed by atoms with Crippen molar-refractivity contribution in [2.45, 2.75) is 20.4 Å². The molecule has 108 valence electrons. The maximum absolute atomic E-state index is 13.2. The number of hydrogen-bond acceptors (Lipinski definition) is 3. The molecular formula is C16H15FN2O2. The number of rotatable bonds is 4. The van der Waals surface area contributed by atoms with Gasteiger partial charge in [0.2, 0.25) is 5.76 Å². The Labute approximate surface area is 122 Å². The number of aryl methyl sites for hydroxylation is 1. The Hall–Kier alpha value is -2.61. The molecule has 1 heterocycles. The van der Waals surface area contributed by atoms with Crippen LogP contribution < -0.4 is 0 Å². The van der Waals surface area contributed by atoms with Crippen molar-refractivity contribution in [3.05, 3.63) is 58.8 Å². The van der Waals surface area contributed by atoms with Gasteiger partial charge >= 0.3 is 0 Å². The number of carbonyl (C=O) groups excluding carboxylic acids is 1. The Morgan fingerprint density at radius 3 is 2.76 bits per heavy atom. The van der Waals surface area contributed by atoms with Crippen LogP contribution in [0.15, 0.2) is 34.7 Å². The third-order valence-corrected chi connectivity index (χ3v) is 3.19. The second-order valence-corrected chi connectivity index (χ2v) is 4.64. The highest BCUT2D eigenvalue weighted by molar-refractivity contribution is 5.95. The highest BCUT2D eigenvalue weighted by Crippen LogP contribution is 2.18. The van der Waals surface area contributed by atoms with Crippen molar-refractivity contribution >= 4 is 5.91 Å². The van der Waals surface area contributed by atoms with E-state index in [0.29, 0.717) is 30.0 Å². The summed E-state index contributed by atoms with van der Waals surface area (Å²) < 4.78 is 18.4. The third kappa shape index (κ3) is 3.29. The summed E-state index contributed by atoms with van der Waals surface area (Å²) in [7, 11) is 0. The summed E-state index contributed by atoms with van der Waals surface area (Å²) in [5, 5.41) is 8.81. The Kier molecular flexibility index (Phi) is 4.39. The molecule has 1 amide bonds. The zero-order chi connectivity index (χ0) is 15.4. The van der Waals surface area contributed by atoms with Crippen LogP contribution >= 0.6 is 0 Å². The molecule has 0 spiro atoms. The van der Waals surface area contributed by atoms with Crippen LogP contribution in [-0.2, 0) is 6.54 Å². The monoisotopic (exact) mass is 286 g/mol. The Morgan fingerprint density at radius 1 is 1.43 bits per heavy atom. The number of amides is 1. The van der Waals surface area contributed by atoms with Crippen molar-refractivity contribution in [2.75, 3.05) is 6.54 Å². The Bertz CT molecular complexity index is 701. The number of hydrogen-bond donors (Lipinski definition) is 0. The molecule has 1 aromatic heterocycles. The van der Waals surface area contributed by atoms with E-state index in [1.165, 1.54) is 18.2 Å². The van der Waals surface area contributed by atoms with Crippen LogP contribution in [0.3, 0.4) is 0 Å². The van der Waals surface area contributed by atoms with Gasteiger partial charge in [-0.3, -0.25) is 4.79 Å². The second kappa shape index (κ2) is 6.23. The highest BCUT2D eigenvalue weighted by atomic mass is 19.1. The summed E-state index contributed by atoms with van der Waals surface area (Å²) in [5.74, 6) is -0.0429. The van der Waals surface area contributed by atoms with Crippen molar-refractivity contribution in [3.63, 3.8) is 0 Å². The lowest BCUT2D eigenvalue weighted by atomic mass is 10.1. The number of benzene rings is 1. The standard InChI is InChI=1S/C16H15FN2O2/c1-3-19(10-12-5-4-6-13(17)7-12)16(20)15-8-14(9-18)21-11(15)2/h4-8H,3,10H2,1-2H3. The quantitative estimate of drug-likeness (QED) is 0.866. The first-order valence-corrected chi connectivity index (χ1v) is 6.59. The lowest BCUT2D eigenvalue weighted by molar-refractivity contribution is 0.0750. The SMILES string of the molecule is CCN(Cc1cccc(F)c1)C(=O)c1cc(C#N)oc1C. The van der Waals surface area contributed by atoms with E-state index >= 15 is 0 Å². The van der Waals surface area contributed by atoms with Gasteiger partial charge in [-0.15, -0.1) is 0 Å². The molecular weight excluding hydrogens is 271 g/mol. The lowest BCUT2D eigenvalue weighted by Crippen LogP contribution is -2.30. The van der Waals surface area contributed by atoms with E-state index in [2.05, 4.69) is 0 Å². The first-order valence-electron chi connectivity index (χ1n) is 6.59. The summed E-state index contributed by atoms with van der Waals surface area (Å²) >= 11 is 0. The first-order chi connectivity index (χ1) is 10.0. The zero-order valence-electron chi connectivity index (χ0n) is 11.9. The van der Waals surface area contributed by atoms with Gasteiger partial charge in [0.25, 0.3) is 5.91 Å². The summed E-state index contributed by atoms with van der Waals surface area (Å²) in [6.07, 6.45) is 0. The van der Waals surface area contributed by atoms with E-state index in [1.807, 2.05) is 13.0 Å². The minimum Gasteiger partial charge on any atom is -0.450 e. The molecule has 0 bridgehead atoms. The van der Waals surface area contributed by atoms with E-state index < -0.39 is 0 Å². The molecule has 5 heteroatoms. The molecule has 1 aromatic carbocycles. The van der Waals surface area contributed by atoms with E-state index in [1.54, 1.807) is 24.0 Å². The predicted molar refractivity (Wildman–Crippen MR) is 75.0 cm³/mol. The van der Waals surface area contributed by atoms with E-state index in [9.17, 15) is 9.18 Å². The fourth-order valence-electron chi connectivity index (χ4n) is 2.10. The fraction of sp³-hybridized carbons (Fsp3) is 0.250. The van der Waals surface area contributed by atoms with Gasteiger partial charge in [0.15, 0.2) is 0 Å². The summed E-state index contributed by atoms with van der Waals surface area (Å²) in [4.78, 5) is 14.1. The van der Waals surface area contributed by atoms with Gasteiger partial charge < -0.3 is 9.32 Å². The minimum atomic E-state index is -0.331. The average Bonchev–Trinajstić information content (AvgIpc) is 2.85. The lowest BCUT2D eigenvalue weighted by Gasteiger charge is -2.20. The molecule has 0 fully saturated rings. The van der Waals surface area contributed by atoms with E-state index in [4.69, 9.17) is 9.68 Å². The van der Waals surface area contributed by atoms with Crippen LogP contribution in [0.25, 0.3) is 0 Å². The van der Waals surface area contributed by atoms with Crippen LogP contribution in [0.2, 0.25) is 0 Å². The summed E-state index contributed by atoms with van der Waals surface area (Å²) in [5.41, 5.74) is 1.08. The maximum Gasteiger partial charge on any atom is 0.257 e. The molecule has 0 N–H and O–H groups in total. The maximum atomic E-state index is 13.2.